The van der Waals surface area contributed by atoms with Gasteiger partial charge in [-0.2, -0.15) is 0 Å². The van der Waals surface area contributed by atoms with Crippen LogP contribution in [0.25, 0.3) is 11.3 Å². The Balaban J connectivity index is 2.04. The largest absolute Gasteiger partial charge is 0.313 e. The fraction of sp³-hybridized carbons (Fsp3) is 0.375. The molecule has 1 aliphatic heterocycles. The molecule has 4 heteroatoms. The van der Waals surface area contributed by atoms with Crippen LogP contribution in [0.1, 0.15) is 31.2 Å². The Labute approximate surface area is 119 Å². The second kappa shape index (κ2) is 6.01. The smallest absolute Gasteiger partial charge is 0.112 e. The van der Waals surface area contributed by atoms with E-state index in [2.05, 4.69) is 40.8 Å². The number of nitrogens with one attached hydrogen (secondary N) is 1. The third-order valence-electron chi connectivity index (χ3n) is 3.62. The van der Waals surface area contributed by atoms with Crippen LogP contribution in [0.4, 0.5) is 0 Å². The van der Waals surface area contributed by atoms with Gasteiger partial charge in [-0.25, -0.2) is 4.68 Å². The summed E-state index contributed by atoms with van der Waals surface area (Å²) in [5.41, 5.74) is 4.72. The summed E-state index contributed by atoms with van der Waals surface area (Å²) in [6, 6.07) is 10.3. The second-order valence-electron chi connectivity index (χ2n) is 5.07. The minimum atomic E-state index is 0.930. The van der Waals surface area contributed by atoms with Gasteiger partial charge in [-0.05, 0) is 37.1 Å². The second-order valence-corrected chi connectivity index (χ2v) is 5.07. The molecule has 0 radical (unpaired) electrons. The van der Waals surface area contributed by atoms with Crippen molar-refractivity contribution in [1.29, 1.82) is 0 Å². The summed E-state index contributed by atoms with van der Waals surface area (Å²) in [5.74, 6) is 0. The molecule has 0 atom stereocenters. The SMILES string of the molecule is CCCc1c(C2=CCNCC2)nnn1-c1ccccc1. The molecule has 2 aromatic rings. The van der Waals surface area contributed by atoms with Gasteiger partial charge in [-0.3, -0.25) is 0 Å². The summed E-state index contributed by atoms with van der Waals surface area (Å²) in [4.78, 5) is 0. The molecular formula is C16H20N4. The highest BCUT2D eigenvalue weighted by molar-refractivity contribution is 5.65. The first-order chi connectivity index (χ1) is 9.90. The van der Waals surface area contributed by atoms with Crippen molar-refractivity contribution in [2.45, 2.75) is 26.2 Å². The van der Waals surface area contributed by atoms with Gasteiger partial charge in [0.15, 0.2) is 0 Å². The summed E-state index contributed by atoms with van der Waals surface area (Å²) >= 11 is 0. The van der Waals surface area contributed by atoms with Crippen molar-refractivity contribution in [3.63, 3.8) is 0 Å². The Morgan fingerprint density at radius 3 is 2.80 bits per heavy atom. The van der Waals surface area contributed by atoms with Crippen LogP contribution < -0.4 is 5.32 Å². The lowest BCUT2D eigenvalue weighted by atomic mass is 10.0. The van der Waals surface area contributed by atoms with Crippen molar-refractivity contribution < 1.29 is 0 Å². The molecule has 0 amide bonds. The van der Waals surface area contributed by atoms with Crippen LogP contribution >= 0.6 is 0 Å². The van der Waals surface area contributed by atoms with Crippen LogP contribution in [0.5, 0.6) is 0 Å². The maximum Gasteiger partial charge on any atom is 0.112 e. The van der Waals surface area contributed by atoms with Crippen molar-refractivity contribution in [2.75, 3.05) is 13.1 Å². The highest BCUT2D eigenvalue weighted by Gasteiger charge is 2.17. The van der Waals surface area contributed by atoms with Gasteiger partial charge in [0.2, 0.25) is 0 Å². The molecule has 1 aromatic heterocycles. The lowest BCUT2D eigenvalue weighted by Crippen LogP contribution is -2.20. The van der Waals surface area contributed by atoms with E-state index >= 15 is 0 Å². The topological polar surface area (TPSA) is 42.7 Å². The van der Waals surface area contributed by atoms with E-state index in [1.54, 1.807) is 0 Å². The van der Waals surface area contributed by atoms with Crippen molar-refractivity contribution >= 4 is 5.57 Å². The van der Waals surface area contributed by atoms with E-state index in [0.717, 1.165) is 43.7 Å². The molecule has 1 aromatic carbocycles. The van der Waals surface area contributed by atoms with Crippen LogP contribution in [-0.4, -0.2) is 28.1 Å². The summed E-state index contributed by atoms with van der Waals surface area (Å²) in [6.45, 7) is 4.15. The van der Waals surface area contributed by atoms with Crippen molar-refractivity contribution in [3.8, 4) is 5.69 Å². The molecule has 0 fully saturated rings. The lowest BCUT2D eigenvalue weighted by molar-refractivity contribution is 0.735. The molecular weight excluding hydrogens is 248 g/mol. The van der Waals surface area contributed by atoms with Crippen molar-refractivity contribution in [1.82, 2.24) is 20.3 Å². The monoisotopic (exact) mass is 268 g/mol. The number of hydrogen-bond donors (Lipinski definition) is 1. The molecule has 4 nitrogen and oxygen atoms in total. The highest BCUT2D eigenvalue weighted by Crippen LogP contribution is 2.24. The molecule has 0 saturated heterocycles. The number of para-hydroxylation sites is 1. The van der Waals surface area contributed by atoms with Crippen LogP contribution in [-0.2, 0) is 6.42 Å². The standard InChI is InChI=1S/C16H20N4/c1-2-6-15-16(13-9-11-17-12-10-13)18-19-20(15)14-7-4-3-5-8-14/h3-5,7-9,17H,2,6,10-12H2,1H3. The zero-order chi connectivity index (χ0) is 13.8. The van der Waals surface area contributed by atoms with Gasteiger partial charge in [-0.15, -0.1) is 5.10 Å². The Morgan fingerprint density at radius 2 is 2.10 bits per heavy atom. The molecule has 0 saturated carbocycles. The number of aromatic nitrogens is 3. The lowest BCUT2D eigenvalue weighted by Gasteiger charge is -2.13. The Kier molecular flexibility index (Phi) is 3.92. The van der Waals surface area contributed by atoms with E-state index < -0.39 is 0 Å². The van der Waals surface area contributed by atoms with Gasteiger partial charge in [0.05, 0.1) is 11.4 Å². The first kappa shape index (κ1) is 13.1. The van der Waals surface area contributed by atoms with E-state index in [1.807, 2.05) is 22.9 Å². The zero-order valence-electron chi connectivity index (χ0n) is 11.8. The fourth-order valence-electron chi connectivity index (χ4n) is 2.63. The van der Waals surface area contributed by atoms with Crippen LogP contribution in [0.3, 0.4) is 0 Å². The molecule has 104 valence electrons. The van der Waals surface area contributed by atoms with Gasteiger partial charge >= 0.3 is 0 Å². The molecule has 0 aliphatic carbocycles. The average molecular weight is 268 g/mol. The maximum atomic E-state index is 4.45. The van der Waals surface area contributed by atoms with Crippen LogP contribution in [0.2, 0.25) is 0 Å². The van der Waals surface area contributed by atoms with Gasteiger partial charge < -0.3 is 5.32 Å². The van der Waals surface area contributed by atoms with E-state index in [9.17, 15) is 0 Å². The average Bonchev–Trinajstić information content (AvgIpc) is 2.93. The van der Waals surface area contributed by atoms with Crippen molar-refractivity contribution in [2.24, 2.45) is 0 Å². The minimum absolute atomic E-state index is 0.930. The highest BCUT2D eigenvalue weighted by atomic mass is 15.4. The molecule has 0 unspecified atom stereocenters. The first-order valence-corrected chi connectivity index (χ1v) is 7.30. The van der Waals surface area contributed by atoms with Crippen LogP contribution in [0, 0.1) is 0 Å². The molecule has 3 rings (SSSR count). The van der Waals surface area contributed by atoms with E-state index in [-0.39, 0.29) is 0 Å². The third kappa shape index (κ3) is 2.51. The molecule has 2 heterocycles. The number of hydrogen-bond acceptors (Lipinski definition) is 3. The quantitative estimate of drug-likeness (QED) is 0.927. The first-order valence-electron chi connectivity index (χ1n) is 7.30. The molecule has 0 spiro atoms. The maximum absolute atomic E-state index is 4.45. The minimum Gasteiger partial charge on any atom is -0.313 e. The van der Waals surface area contributed by atoms with Gasteiger partial charge in [0.1, 0.15) is 5.69 Å². The number of rotatable bonds is 4. The van der Waals surface area contributed by atoms with Gasteiger partial charge in [-0.1, -0.05) is 42.8 Å². The molecule has 1 N–H and O–H groups in total. The van der Waals surface area contributed by atoms with E-state index in [0.29, 0.717) is 0 Å². The predicted molar refractivity (Wildman–Crippen MR) is 80.8 cm³/mol. The summed E-state index contributed by atoms with van der Waals surface area (Å²) < 4.78 is 1.99. The van der Waals surface area contributed by atoms with Crippen LogP contribution in [0.15, 0.2) is 36.4 Å². The van der Waals surface area contributed by atoms with E-state index in [1.165, 1.54) is 11.3 Å². The number of benzene rings is 1. The summed E-state index contributed by atoms with van der Waals surface area (Å²) in [7, 11) is 0. The fourth-order valence-corrected chi connectivity index (χ4v) is 2.63. The normalized spacial score (nSPS) is 15.2. The zero-order valence-corrected chi connectivity index (χ0v) is 11.8. The molecule has 0 bridgehead atoms. The number of nitrogens with zero attached hydrogens (tertiary/aromatic N) is 3. The Bertz CT molecular complexity index is 598. The van der Waals surface area contributed by atoms with E-state index in [4.69, 9.17) is 0 Å². The Hall–Kier alpha value is -1.94. The third-order valence-corrected chi connectivity index (χ3v) is 3.62. The molecule has 20 heavy (non-hydrogen) atoms. The summed E-state index contributed by atoms with van der Waals surface area (Å²) in [5, 5.41) is 12.2. The van der Waals surface area contributed by atoms with Gasteiger partial charge in [0.25, 0.3) is 0 Å². The predicted octanol–water partition coefficient (Wildman–Crippen LogP) is 2.60. The van der Waals surface area contributed by atoms with Crippen molar-refractivity contribution in [3.05, 3.63) is 47.8 Å². The Morgan fingerprint density at radius 1 is 1.25 bits per heavy atom. The summed E-state index contributed by atoms with van der Waals surface area (Å²) in [6.07, 6.45) is 5.37. The molecule has 1 aliphatic rings. The van der Waals surface area contributed by atoms with Gasteiger partial charge in [0, 0.05) is 6.54 Å².